The number of thiazole rings is 1. The number of carbonyl (C=O) groups is 1. The normalized spacial score (nSPS) is 11.4. The largest absolute Gasteiger partial charge is 0.416 e. The molecular weight excluding hydrogens is 339 g/mol. The molecule has 0 bridgehead atoms. The van der Waals surface area contributed by atoms with E-state index in [1.54, 1.807) is 16.0 Å². The van der Waals surface area contributed by atoms with Gasteiger partial charge in [-0.2, -0.15) is 13.2 Å². The van der Waals surface area contributed by atoms with Crippen molar-refractivity contribution >= 4 is 22.2 Å². The van der Waals surface area contributed by atoms with Crippen LogP contribution in [0.1, 0.15) is 16.1 Å². The highest BCUT2D eigenvalue weighted by atomic mass is 32.1. The van der Waals surface area contributed by atoms with Crippen LogP contribution in [0.4, 0.5) is 13.2 Å². The Labute approximate surface area is 138 Å². The summed E-state index contributed by atoms with van der Waals surface area (Å²) >= 11 is 1.28. The molecule has 1 amide bonds. The monoisotopic (exact) mass is 349 g/mol. The van der Waals surface area contributed by atoms with Gasteiger partial charge in [0.15, 0.2) is 10.7 Å². The number of rotatable bonds is 3. The fraction of sp³-hybridized carbons (Fsp3) is 0.125. The van der Waals surface area contributed by atoms with Gasteiger partial charge in [0, 0.05) is 17.1 Å². The Morgan fingerprint density at radius 3 is 2.92 bits per heavy atom. The topological polar surface area (TPSA) is 46.4 Å². The van der Waals surface area contributed by atoms with Crippen molar-refractivity contribution in [2.24, 2.45) is 0 Å². The Morgan fingerprint density at radius 2 is 2.21 bits per heavy atom. The molecule has 0 saturated carbocycles. The predicted molar refractivity (Wildman–Crippen MR) is 84.7 cm³/mol. The van der Waals surface area contributed by atoms with Crippen LogP contribution in [-0.4, -0.2) is 21.8 Å². The SMILES string of the molecule is C#CCNC(=O)c1nc2sccn2c1-c1cccc(C(F)(F)F)c1. The lowest BCUT2D eigenvalue weighted by Gasteiger charge is -2.09. The summed E-state index contributed by atoms with van der Waals surface area (Å²) in [4.78, 5) is 17.0. The van der Waals surface area contributed by atoms with E-state index in [0.717, 1.165) is 12.1 Å². The number of amides is 1. The van der Waals surface area contributed by atoms with Gasteiger partial charge in [-0.3, -0.25) is 9.20 Å². The van der Waals surface area contributed by atoms with Gasteiger partial charge in [0.1, 0.15) is 0 Å². The number of carbonyl (C=O) groups excluding carboxylic acids is 1. The number of fused-ring (bicyclic) bond motifs is 1. The van der Waals surface area contributed by atoms with Crippen LogP contribution in [0.3, 0.4) is 0 Å². The van der Waals surface area contributed by atoms with Crippen molar-refractivity contribution in [1.82, 2.24) is 14.7 Å². The van der Waals surface area contributed by atoms with Gasteiger partial charge in [-0.1, -0.05) is 18.1 Å². The van der Waals surface area contributed by atoms with Crippen LogP contribution in [0.25, 0.3) is 16.2 Å². The quantitative estimate of drug-likeness (QED) is 0.736. The maximum absolute atomic E-state index is 13.0. The Hall–Kier alpha value is -2.79. The summed E-state index contributed by atoms with van der Waals surface area (Å²) < 4.78 is 40.5. The van der Waals surface area contributed by atoms with Gasteiger partial charge in [-0.15, -0.1) is 17.8 Å². The molecule has 122 valence electrons. The zero-order valence-corrected chi connectivity index (χ0v) is 12.9. The zero-order chi connectivity index (χ0) is 17.3. The minimum Gasteiger partial charge on any atom is -0.340 e. The second-order valence-electron chi connectivity index (χ2n) is 4.83. The average molecular weight is 349 g/mol. The number of alkyl halides is 3. The Bertz CT molecular complexity index is 950. The number of benzene rings is 1. The van der Waals surface area contributed by atoms with Crippen molar-refractivity contribution in [3.8, 4) is 23.6 Å². The minimum absolute atomic E-state index is 0.00599. The van der Waals surface area contributed by atoms with Crippen LogP contribution in [-0.2, 0) is 6.18 Å². The van der Waals surface area contributed by atoms with E-state index in [4.69, 9.17) is 6.42 Å². The number of hydrogen-bond donors (Lipinski definition) is 1. The number of terminal acetylenes is 1. The first kappa shape index (κ1) is 16.1. The van der Waals surface area contributed by atoms with Crippen LogP contribution >= 0.6 is 11.3 Å². The molecule has 0 spiro atoms. The summed E-state index contributed by atoms with van der Waals surface area (Å²) in [5.74, 6) is 1.74. The average Bonchev–Trinajstić information content (AvgIpc) is 3.12. The van der Waals surface area contributed by atoms with Crippen molar-refractivity contribution < 1.29 is 18.0 Å². The van der Waals surface area contributed by atoms with E-state index in [1.807, 2.05) is 0 Å². The molecule has 0 aliphatic heterocycles. The first-order valence-corrected chi connectivity index (χ1v) is 7.64. The Morgan fingerprint density at radius 1 is 1.42 bits per heavy atom. The molecule has 2 heterocycles. The molecule has 2 aromatic heterocycles. The molecule has 3 aromatic rings. The van der Waals surface area contributed by atoms with Gasteiger partial charge in [0.2, 0.25) is 0 Å². The molecule has 0 aliphatic rings. The first-order chi connectivity index (χ1) is 11.4. The lowest BCUT2D eigenvalue weighted by atomic mass is 10.1. The van der Waals surface area contributed by atoms with Gasteiger partial charge in [0.25, 0.3) is 5.91 Å². The zero-order valence-electron chi connectivity index (χ0n) is 12.1. The molecular formula is C16H10F3N3OS. The molecule has 0 saturated heterocycles. The fourth-order valence-electron chi connectivity index (χ4n) is 2.28. The van der Waals surface area contributed by atoms with Crippen molar-refractivity contribution in [2.75, 3.05) is 6.54 Å². The van der Waals surface area contributed by atoms with Crippen molar-refractivity contribution in [1.29, 1.82) is 0 Å². The number of imidazole rings is 1. The second-order valence-corrected chi connectivity index (χ2v) is 5.70. The van der Waals surface area contributed by atoms with Crippen LogP contribution in [0, 0.1) is 12.3 Å². The van der Waals surface area contributed by atoms with Gasteiger partial charge in [-0.25, -0.2) is 4.98 Å². The first-order valence-electron chi connectivity index (χ1n) is 6.76. The van der Waals surface area contributed by atoms with E-state index in [9.17, 15) is 18.0 Å². The smallest absolute Gasteiger partial charge is 0.340 e. The maximum atomic E-state index is 13.0. The second kappa shape index (κ2) is 6.02. The molecule has 24 heavy (non-hydrogen) atoms. The number of nitrogens with one attached hydrogen (secondary N) is 1. The maximum Gasteiger partial charge on any atom is 0.416 e. The van der Waals surface area contributed by atoms with Crippen LogP contribution < -0.4 is 5.32 Å². The molecule has 0 unspecified atom stereocenters. The number of aromatic nitrogens is 2. The summed E-state index contributed by atoms with van der Waals surface area (Å²) in [6.07, 6.45) is 2.30. The standard InChI is InChI=1S/C16H10F3N3OS/c1-2-6-20-14(23)12-13(22-7-8-24-15(22)21-12)10-4-3-5-11(9-10)16(17,18)19/h1,3-5,7-9H,6H2,(H,20,23). The molecule has 0 atom stereocenters. The lowest BCUT2D eigenvalue weighted by Crippen LogP contribution is -2.24. The van der Waals surface area contributed by atoms with Gasteiger partial charge >= 0.3 is 6.18 Å². The third kappa shape index (κ3) is 2.86. The molecule has 4 nitrogen and oxygen atoms in total. The summed E-state index contributed by atoms with van der Waals surface area (Å²) in [7, 11) is 0. The van der Waals surface area contributed by atoms with Gasteiger partial charge < -0.3 is 5.32 Å². The van der Waals surface area contributed by atoms with Crippen molar-refractivity contribution in [3.63, 3.8) is 0 Å². The number of halogens is 3. The molecule has 0 radical (unpaired) electrons. The van der Waals surface area contributed by atoms with Gasteiger partial charge in [-0.05, 0) is 12.1 Å². The molecule has 1 N–H and O–H groups in total. The third-order valence-electron chi connectivity index (χ3n) is 3.29. The van der Waals surface area contributed by atoms with E-state index in [2.05, 4.69) is 16.2 Å². The predicted octanol–water partition coefficient (Wildman–Crippen LogP) is 3.44. The molecule has 3 rings (SSSR count). The summed E-state index contributed by atoms with van der Waals surface area (Å²) in [6, 6.07) is 4.79. The van der Waals surface area contributed by atoms with Crippen LogP contribution in [0.2, 0.25) is 0 Å². The number of hydrogen-bond acceptors (Lipinski definition) is 3. The fourth-order valence-corrected chi connectivity index (χ4v) is 2.99. The van der Waals surface area contributed by atoms with E-state index < -0.39 is 17.6 Å². The van der Waals surface area contributed by atoms with Crippen LogP contribution in [0.15, 0.2) is 35.8 Å². The van der Waals surface area contributed by atoms with E-state index in [-0.39, 0.29) is 17.8 Å². The summed E-state index contributed by atoms with van der Waals surface area (Å²) in [6.45, 7) is 0.00599. The number of nitrogens with zero attached hydrogens (tertiary/aromatic N) is 2. The summed E-state index contributed by atoms with van der Waals surface area (Å²) in [5.41, 5.74) is -0.204. The molecule has 0 aliphatic carbocycles. The lowest BCUT2D eigenvalue weighted by molar-refractivity contribution is -0.137. The highest BCUT2D eigenvalue weighted by Crippen LogP contribution is 2.34. The van der Waals surface area contributed by atoms with Gasteiger partial charge in [0.05, 0.1) is 17.8 Å². The van der Waals surface area contributed by atoms with Crippen molar-refractivity contribution in [3.05, 3.63) is 47.1 Å². The highest BCUT2D eigenvalue weighted by molar-refractivity contribution is 7.15. The van der Waals surface area contributed by atoms with Crippen LogP contribution in [0.5, 0.6) is 0 Å². The molecule has 0 fully saturated rings. The highest BCUT2D eigenvalue weighted by Gasteiger charge is 2.31. The van der Waals surface area contributed by atoms with E-state index >= 15 is 0 Å². The molecule has 8 heteroatoms. The minimum atomic E-state index is -4.47. The summed E-state index contributed by atoms with van der Waals surface area (Å²) in [5, 5.41) is 4.22. The van der Waals surface area contributed by atoms with E-state index in [1.165, 1.54) is 23.5 Å². The van der Waals surface area contributed by atoms with E-state index in [0.29, 0.717) is 10.7 Å². The Balaban J connectivity index is 2.16. The molecule has 1 aromatic carbocycles. The third-order valence-corrected chi connectivity index (χ3v) is 4.05. The Kier molecular flexibility index (Phi) is 4.03. The van der Waals surface area contributed by atoms with Crippen molar-refractivity contribution in [2.45, 2.75) is 6.18 Å².